The van der Waals surface area contributed by atoms with Crippen molar-refractivity contribution in [2.75, 3.05) is 12.4 Å². The van der Waals surface area contributed by atoms with Crippen LogP contribution in [0.1, 0.15) is 27.5 Å². The van der Waals surface area contributed by atoms with Gasteiger partial charge < -0.3 is 10.1 Å². The molecule has 3 heterocycles. The Morgan fingerprint density at radius 3 is 2.96 bits per heavy atom. The fraction of sp³-hybridized carbons (Fsp3) is 0.278. The summed E-state index contributed by atoms with van der Waals surface area (Å²) in [6.45, 7) is 2.48. The highest BCUT2D eigenvalue weighted by Gasteiger charge is 2.23. The van der Waals surface area contributed by atoms with Gasteiger partial charge in [0, 0.05) is 18.7 Å². The van der Waals surface area contributed by atoms with Crippen LogP contribution in [0.5, 0.6) is 5.75 Å². The summed E-state index contributed by atoms with van der Waals surface area (Å²) in [6.07, 6.45) is 1.73. The number of rotatable bonds is 3. The summed E-state index contributed by atoms with van der Waals surface area (Å²) in [4.78, 5) is 31.1. The molecule has 6 nitrogen and oxygen atoms in total. The van der Waals surface area contributed by atoms with Crippen LogP contribution in [0.2, 0.25) is 5.02 Å². The maximum atomic E-state index is 12.7. The first-order valence-corrected chi connectivity index (χ1v) is 9.36. The number of halogens is 1. The quantitative estimate of drug-likeness (QED) is 0.742. The fourth-order valence-electron chi connectivity index (χ4n) is 3.22. The molecule has 0 atom stereocenters. The van der Waals surface area contributed by atoms with E-state index in [1.165, 1.54) is 18.4 Å². The van der Waals surface area contributed by atoms with E-state index in [0.29, 0.717) is 43.7 Å². The highest BCUT2D eigenvalue weighted by atomic mass is 35.5. The van der Waals surface area contributed by atoms with Crippen molar-refractivity contribution in [2.24, 2.45) is 0 Å². The van der Waals surface area contributed by atoms with Crippen LogP contribution in [0, 0.1) is 6.92 Å². The Morgan fingerprint density at radius 1 is 1.42 bits per heavy atom. The number of nitrogens with one attached hydrogen (secondary N) is 1. The lowest BCUT2D eigenvalue weighted by atomic mass is 10.2. The summed E-state index contributed by atoms with van der Waals surface area (Å²) >= 11 is 7.35. The maximum absolute atomic E-state index is 12.7. The molecule has 0 saturated heterocycles. The van der Waals surface area contributed by atoms with Gasteiger partial charge in [0.2, 0.25) is 0 Å². The zero-order valence-corrected chi connectivity index (χ0v) is 15.8. The van der Waals surface area contributed by atoms with Crippen LogP contribution in [0.4, 0.5) is 5.69 Å². The van der Waals surface area contributed by atoms with Gasteiger partial charge in [0.25, 0.3) is 11.5 Å². The number of methoxy groups -OCH3 is 1. The first kappa shape index (κ1) is 17.1. The molecule has 0 fully saturated rings. The molecule has 0 spiro atoms. The normalized spacial score (nSPS) is 13.0. The van der Waals surface area contributed by atoms with Crippen molar-refractivity contribution in [3.05, 3.63) is 49.8 Å². The van der Waals surface area contributed by atoms with Crippen molar-refractivity contribution in [1.29, 1.82) is 0 Å². The number of aryl methyl sites for hydroxylation is 2. The standard InChI is InChI=1S/C18H16ClN3O3S/c1-9-14-17(21-13-4-3-7-22(13)18(14)24)26-15(9)16(23)20-10-5-6-12(25-2)11(19)8-10/h5-6,8H,3-4,7H2,1-2H3,(H,20,23). The summed E-state index contributed by atoms with van der Waals surface area (Å²) in [5.74, 6) is 1.06. The minimum Gasteiger partial charge on any atom is -0.495 e. The van der Waals surface area contributed by atoms with Crippen LogP contribution in [0.25, 0.3) is 10.2 Å². The van der Waals surface area contributed by atoms with Crippen molar-refractivity contribution < 1.29 is 9.53 Å². The van der Waals surface area contributed by atoms with Gasteiger partial charge in [0.1, 0.15) is 16.4 Å². The zero-order valence-electron chi connectivity index (χ0n) is 14.3. The Labute approximate surface area is 158 Å². The van der Waals surface area contributed by atoms with Gasteiger partial charge in [-0.05, 0) is 37.1 Å². The lowest BCUT2D eigenvalue weighted by Gasteiger charge is -2.07. The van der Waals surface area contributed by atoms with Crippen LogP contribution in [0.15, 0.2) is 23.0 Å². The molecule has 0 unspecified atom stereocenters. The molecule has 0 aliphatic carbocycles. The molecule has 8 heteroatoms. The lowest BCUT2D eigenvalue weighted by Crippen LogP contribution is -2.20. The average Bonchev–Trinajstić information content (AvgIpc) is 3.20. The molecular formula is C18H16ClN3O3S. The minimum absolute atomic E-state index is 0.0530. The van der Waals surface area contributed by atoms with Gasteiger partial charge in [0.05, 0.1) is 22.4 Å². The fourth-order valence-corrected chi connectivity index (χ4v) is 4.57. The summed E-state index contributed by atoms with van der Waals surface area (Å²) in [6, 6.07) is 5.03. The first-order chi connectivity index (χ1) is 12.5. The molecule has 2 aromatic heterocycles. The van der Waals surface area contributed by atoms with Crippen LogP contribution < -0.4 is 15.6 Å². The Hall–Kier alpha value is -2.38. The molecule has 1 N–H and O–H groups in total. The topological polar surface area (TPSA) is 73.2 Å². The average molecular weight is 390 g/mol. The molecule has 4 rings (SSSR count). The van der Waals surface area contributed by atoms with Crippen molar-refractivity contribution in [1.82, 2.24) is 9.55 Å². The Kier molecular flexibility index (Phi) is 4.20. The second-order valence-electron chi connectivity index (χ2n) is 6.13. The number of aromatic nitrogens is 2. The molecule has 134 valence electrons. The van der Waals surface area contributed by atoms with E-state index in [4.69, 9.17) is 16.3 Å². The first-order valence-electron chi connectivity index (χ1n) is 8.17. The number of fused-ring (bicyclic) bond motifs is 2. The predicted molar refractivity (Wildman–Crippen MR) is 103 cm³/mol. The van der Waals surface area contributed by atoms with E-state index in [-0.39, 0.29) is 11.5 Å². The van der Waals surface area contributed by atoms with Crippen molar-refractivity contribution in [2.45, 2.75) is 26.3 Å². The Bertz CT molecular complexity index is 1100. The number of hydrogen-bond donors (Lipinski definition) is 1. The molecule has 1 aromatic carbocycles. The molecule has 1 amide bonds. The minimum atomic E-state index is -0.281. The third kappa shape index (κ3) is 2.68. The van der Waals surface area contributed by atoms with E-state index in [2.05, 4.69) is 10.3 Å². The van der Waals surface area contributed by atoms with Crippen LogP contribution >= 0.6 is 22.9 Å². The summed E-state index contributed by atoms with van der Waals surface area (Å²) < 4.78 is 6.83. The Balaban J connectivity index is 1.71. The summed E-state index contributed by atoms with van der Waals surface area (Å²) in [5, 5.41) is 3.78. The summed E-state index contributed by atoms with van der Waals surface area (Å²) in [7, 11) is 1.53. The molecule has 26 heavy (non-hydrogen) atoms. The van der Waals surface area contributed by atoms with E-state index in [1.54, 1.807) is 29.7 Å². The number of thiophene rings is 1. The zero-order chi connectivity index (χ0) is 18.4. The molecule has 0 bridgehead atoms. The maximum Gasteiger partial charge on any atom is 0.266 e. The highest BCUT2D eigenvalue weighted by Crippen LogP contribution is 2.31. The van der Waals surface area contributed by atoms with E-state index < -0.39 is 0 Å². The van der Waals surface area contributed by atoms with Crippen LogP contribution in [0.3, 0.4) is 0 Å². The van der Waals surface area contributed by atoms with Gasteiger partial charge in [-0.1, -0.05) is 11.6 Å². The molecule has 0 saturated carbocycles. The second kappa shape index (κ2) is 6.41. The number of anilines is 1. The summed E-state index contributed by atoms with van der Waals surface area (Å²) in [5.41, 5.74) is 1.18. The SMILES string of the molecule is COc1ccc(NC(=O)c2sc3nc4n(c(=O)c3c2C)CCC4)cc1Cl. The van der Waals surface area contributed by atoms with Crippen molar-refractivity contribution >= 4 is 44.7 Å². The number of amides is 1. The highest BCUT2D eigenvalue weighted by molar-refractivity contribution is 7.20. The molecule has 3 aromatic rings. The second-order valence-corrected chi connectivity index (χ2v) is 7.53. The number of carbonyl (C=O) groups is 1. The largest absolute Gasteiger partial charge is 0.495 e. The van der Waals surface area contributed by atoms with Crippen LogP contribution in [-0.4, -0.2) is 22.6 Å². The van der Waals surface area contributed by atoms with E-state index in [9.17, 15) is 9.59 Å². The molecule has 1 aliphatic heterocycles. The van der Waals surface area contributed by atoms with E-state index in [1.807, 2.05) is 0 Å². The number of nitrogens with zero attached hydrogens (tertiary/aromatic N) is 2. The van der Waals surface area contributed by atoms with Gasteiger partial charge in [0.15, 0.2) is 0 Å². The van der Waals surface area contributed by atoms with Crippen molar-refractivity contribution in [3.8, 4) is 5.75 Å². The third-order valence-electron chi connectivity index (χ3n) is 4.53. The van der Waals surface area contributed by atoms with Gasteiger partial charge in [-0.2, -0.15) is 0 Å². The molecule has 0 radical (unpaired) electrons. The van der Waals surface area contributed by atoms with Gasteiger partial charge in [-0.15, -0.1) is 11.3 Å². The van der Waals surface area contributed by atoms with Gasteiger partial charge >= 0.3 is 0 Å². The number of hydrogen-bond acceptors (Lipinski definition) is 5. The Morgan fingerprint density at radius 2 is 2.23 bits per heavy atom. The third-order valence-corrected chi connectivity index (χ3v) is 6.01. The smallest absolute Gasteiger partial charge is 0.266 e. The lowest BCUT2D eigenvalue weighted by molar-refractivity contribution is 0.103. The van der Waals surface area contributed by atoms with Gasteiger partial charge in [-0.25, -0.2) is 4.98 Å². The van der Waals surface area contributed by atoms with E-state index >= 15 is 0 Å². The van der Waals surface area contributed by atoms with Crippen LogP contribution in [-0.2, 0) is 13.0 Å². The number of ether oxygens (including phenoxy) is 1. The van der Waals surface area contributed by atoms with Crippen molar-refractivity contribution in [3.63, 3.8) is 0 Å². The number of carbonyl (C=O) groups excluding carboxylic acids is 1. The monoisotopic (exact) mass is 389 g/mol. The molecule has 1 aliphatic rings. The van der Waals surface area contributed by atoms with E-state index in [0.717, 1.165) is 18.7 Å². The molecular weight excluding hydrogens is 374 g/mol. The van der Waals surface area contributed by atoms with Gasteiger partial charge in [-0.3, -0.25) is 14.2 Å². The predicted octanol–water partition coefficient (Wildman–Crippen LogP) is 3.63. The number of benzene rings is 1.